The Bertz CT molecular complexity index is 537. The molecule has 0 heterocycles. The molecule has 1 atom stereocenters. The summed E-state index contributed by atoms with van der Waals surface area (Å²) in [4.78, 5) is 0. The third kappa shape index (κ3) is 5.01. The monoisotopic (exact) mass is 300 g/mol. The van der Waals surface area contributed by atoms with E-state index in [4.69, 9.17) is 11.6 Å². The molecule has 110 valence electrons. The average Bonchev–Trinajstić information content (AvgIpc) is 2.53. The van der Waals surface area contributed by atoms with Gasteiger partial charge in [-0.15, -0.1) is 6.58 Å². The van der Waals surface area contributed by atoms with Crippen molar-refractivity contribution in [3.63, 3.8) is 0 Å². The molecule has 3 heteroatoms. The SMILES string of the molecule is C=CCNCCN[C@H](c1ccccc1)c1ccc(Cl)cc1. The van der Waals surface area contributed by atoms with Crippen LogP contribution in [-0.2, 0) is 0 Å². The molecular formula is C18H21ClN2. The minimum atomic E-state index is 0.175. The second kappa shape index (κ2) is 8.63. The van der Waals surface area contributed by atoms with Crippen LogP contribution in [0.3, 0.4) is 0 Å². The van der Waals surface area contributed by atoms with E-state index in [1.807, 2.05) is 24.3 Å². The van der Waals surface area contributed by atoms with Gasteiger partial charge >= 0.3 is 0 Å². The van der Waals surface area contributed by atoms with E-state index in [0.29, 0.717) is 0 Å². The molecule has 0 spiro atoms. The summed E-state index contributed by atoms with van der Waals surface area (Å²) in [6.07, 6.45) is 1.87. The van der Waals surface area contributed by atoms with Crippen LogP contribution in [0, 0.1) is 0 Å². The van der Waals surface area contributed by atoms with Crippen LogP contribution < -0.4 is 10.6 Å². The second-order valence-electron chi connectivity index (χ2n) is 4.84. The Morgan fingerprint density at radius 2 is 1.62 bits per heavy atom. The molecule has 0 unspecified atom stereocenters. The van der Waals surface area contributed by atoms with Crippen molar-refractivity contribution in [3.8, 4) is 0 Å². The van der Waals surface area contributed by atoms with Crippen molar-refractivity contribution in [1.29, 1.82) is 0 Å². The first-order valence-electron chi connectivity index (χ1n) is 7.16. The molecule has 0 aliphatic rings. The number of rotatable bonds is 8. The fraction of sp³-hybridized carbons (Fsp3) is 0.222. The number of nitrogens with one attached hydrogen (secondary N) is 2. The molecule has 2 aromatic carbocycles. The van der Waals surface area contributed by atoms with Gasteiger partial charge in [0.2, 0.25) is 0 Å². The molecule has 2 aromatic rings. The Morgan fingerprint density at radius 1 is 0.952 bits per heavy atom. The van der Waals surface area contributed by atoms with Gasteiger partial charge in [-0.25, -0.2) is 0 Å². The third-order valence-corrected chi connectivity index (χ3v) is 3.53. The van der Waals surface area contributed by atoms with E-state index in [2.05, 4.69) is 53.6 Å². The Kier molecular flexibility index (Phi) is 6.48. The van der Waals surface area contributed by atoms with Gasteiger partial charge in [0.15, 0.2) is 0 Å². The highest BCUT2D eigenvalue weighted by Crippen LogP contribution is 2.23. The van der Waals surface area contributed by atoms with Crippen LogP contribution in [0.5, 0.6) is 0 Å². The maximum Gasteiger partial charge on any atom is 0.0577 e. The van der Waals surface area contributed by atoms with Gasteiger partial charge in [-0.3, -0.25) is 0 Å². The predicted molar refractivity (Wildman–Crippen MR) is 90.8 cm³/mol. The van der Waals surface area contributed by atoms with Crippen molar-refractivity contribution < 1.29 is 0 Å². The van der Waals surface area contributed by atoms with E-state index in [1.165, 1.54) is 11.1 Å². The highest BCUT2D eigenvalue weighted by molar-refractivity contribution is 6.30. The summed E-state index contributed by atoms with van der Waals surface area (Å²) in [5.74, 6) is 0. The van der Waals surface area contributed by atoms with Crippen molar-refractivity contribution in [1.82, 2.24) is 10.6 Å². The lowest BCUT2D eigenvalue weighted by molar-refractivity contribution is 0.579. The Balaban J connectivity index is 2.07. The number of halogens is 1. The summed E-state index contributed by atoms with van der Waals surface area (Å²) in [7, 11) is 0. The first-order chi connectivity index (χ1) is 10.3. The maximum atomic E-state index is 5.98. The van der Waals surface area contributed by atoms with Crippen molar-refractivity contribution >= 4 is 11.6 Å². The van der Waals surface area contributed by atoms with Crippen LogP contribution in [0.1, 0.15) is 17.2 Å². The van der Waals surface area contributed by atoms with Gasteiger partial charge in [0, 0.05) is 24.7 Å². The molecule has 0 saturated heterocycles. The number of hydrogen-bond acceptors (Lipinski definition) is 2. The number of hydrogen-bond donors (Lipinski definition) is 2. The van der Waals surface area contributed by atoms with Crippen molar-refractivity contribution in [2.24, 2.45) is 0 Å². The van der Waals surface area contributed by atoms with Crippen molar-refractivity contribution in [3.05, 3.63) is 83.4 Å². The molecule has 0 aliphatic heterocycles. The molecule has 0 aromatic heterocycles. The van der Waals surface area contributed by atoms with Crippen LogP contribution in [-0.4, -0.2) is 19.6 Å². The van der Waals surface area contributed by atoms with Crippen LogP contribution in [0.25, 0.3) is 0 Å². The van der Waals surface area contributed by atoms with E-state index < -0.39 is 0 Å². The highest BCUT2D eigenvalue weighted by Gasteiger charge is 2.12. The summed E-state index contributed by atoms with van der Waals surface area (Å²) < 4.78 is 0. The fourth-order valence-corrected chi connectivity index (χ4v) is 2.36. The van der Waals surface area contributed by atoms with Crippen LogP contribution in [0.15, 0.2) is 67.3 Å². The Labute approximate surface area is 131 Å². The van der Waals surface area contributed by atoms with Gasteiger partial charge in [-0.1, -0.05) is 60.1 Å². The average molecular weight is 301 g/mol. The van der Waals surface area contributed by atoms with E-state index >= 15 is 0 Å². The summed E-state index contributed by atoms with van der Waals surface area (Å²) in [5, 5.41) is 7.65. The molecule has 0 amide bonds. The molecule has 0 fully saturated rings. The van der Waals surface area contributed by atoms with E-state index in [-0.39, 0.29) is 6.04 Å². The summed E-state index contributed by atoms with van der Waals surface area (Å²) in [6, 6.07) is 18.6. The molecule has 0 radical (unpaired) electrons. The smallest absolute Gasteiger partial charge is 0.0577 e. The van der Waals surface area contributed by atoms with E-state index in [1.54, 1.807) is 0 Å². The first kappa shape index (κ1) is 15.8. The predicted octanol–water partition coefficient (Wildman–Crippen LogP) is 3.79. The Hall–Kier alpha value is -1.61. The zero-order valence-electron chi connectivity index (χ0n) is 12.1. The van der Waals surface area contributed by atoms with Gasteiger partial charge in [0.25, 0.3) is 0 Å². The third-order valence-electron chi connectivity index (χ3n) is 3.28. The normalized spacial score (nSPS) is 12.0. The quantitative estimate of drug-likeness (QED) is 0.572. The van der Waals surface area contributed by atoms with Crippen LogP contribution >= 0.6 is 11.6 Å². The minimum Gasteiger partial charge on any atom is -0.312 e. The lowest BCUT2D eigenvalue weighted by Gasteiger charge is -2.20. The topological polar surface area (TPSA) is 24.1 Å². The highest BCUT2D eigenvalue weighted by atomic mass is 35.5. The zero-order chi connectivity index (χ0) is 14.9. The van der Waals surface area contributed by atoms with Gasteiger partial charge in [0.1, 0.15) is 0 Å². The number of benzene rings is 2. The molecular weight excluding hydrogens is 280 g/mol. The van der Waals surface area contributed by atoms with Crippen molar-refractivity contribution in [2.75, 3.05) is 19.6 Å². The first-order valence-corrected chi connectivity index (χ1v) is 7.54. The lowest BCUT2D eigenvalue weighted by Crippen LogP contribution is -2.31. The molecule has 2 nitrogen and oxygen atoms in total. The molecule has 2 rings (SSSR count). The van der Waals surface area contributed by atoms with Crippen molar-refractivity contribution in [2.45, 2.75) is 6.04 Å². The lowest BCUT2D eigenvalue weighted by atomic mass is 9.99. The summed E-state index contributed by atoms with van der Waals surface area (Å²) in [6.45, 7) is 6.32. The Morgan fingerprint density at radius 3 is 2.29 bits per heavy atom. The van der Waals surface area contributed by atoms with E-state index in [9.17, 15) is 0 Å². The summed E-state index contributed by atoms with van der Waals surface area (Å²) in [5.41, 5.74) is 2.47. The standard InChI is InChI=1S/C18H21ClN2/c1-2-12-20-13-14-21-18(15-6-4-3-5-7-15)16-8-10-17(19)11-9-16/h2-11,18,20-21H,1,12-14H2/t18-/m1/s1. The maximum absolute atomic E-state index is 5.98. The minimum absolute atomic E-state index is 0.175. The second-order valence-corrected chi connectivity index (χ2v) is 5.28. The van der Waals surface area contributed by atoms with Crippen LogP contribution in [0.4, 0.5) is 0 Å². The zero-order valence-corrected chi connectivity index (χ0v) is 12.8. The molecule has 2 N–H and O–H groups in total. The van der Waals surface area contributed by atoms with Crippen LogP contribution in [0.2, 0.25) is 5.02 Å². The summed E-state index contributed by atoms with van der Waals surface area (Å²) >= 11 is 5.98. The van der Waals surface area contributed by atoms with Gasteiger partial charge in [-0.2, -0.15) is 0 Å². The molecule has 0 saturated carbocycles. The molecule has 21 heavy (non-hydrogen) atoms. The van der Waals surface area contributed by atoms with Gasteiger partial charge in [0.05, 0.1) is 6.04 Å². The molecule has 0 aliphatic carbocycles. The van der Waals surface area contributed by atoms with Gasteiger partial charge in [-0.05, 0) is 23.3 Å². The van der Waals surface area contributed by atoms with E-state index in [0.717, 1.165) is 24.7 Å². The fourth-order valence-electron chi connectivity index (χ4n) is 2.24. The molecule has 0 bridgehead atoms. The van der Waals surface area contributed by atoms with Gasteiger partial charge < -0.3 is 10.6 Å². The largest absolute Gasteiger partial charge is 0.312 e.